The predicted octanol–water partition coefficient (Wildman–Crippen LogP) is 3.17. The summed E-state index contributed by atoms with van der Waals surface area (Å²) in [7, 11) is 0. The predicted molar refractivity (Wildman–Crippen MR) is 110 cm³/mol. The first-order chi connectivity index (χ1) is 12.0. The fraction of sp³-hybridized carbons (Fsp3) is 0.421. The van der Waals surface area contributed by atoms with Gasteiger partial charge in [0.2, 0.25) is 0 Å². The topological polar surface area (TPSA) is 43.8 Å². The average Bonchev–Trinajstić information content (AvgIpc) is 2.58. The standard InChI is InChI=1S/C19H27N5S/c1-5-17(13-20-6-2)14-23-7-9-24(10-8-23)19(25)22-18-12-15(3)11-16(4)21-18/h5-6,11-13H,1,7-10,14H2,2-4H3,(H,21,22,25)/b17-13+,20-6-. The summed E-state index contributed by atoms with van der Waals surface area (Å²) in [6, 6.07) is 4.07. The Morgan fingerprint density at radius 3 is 2.64 bits per heavy atom. The summed E-state index contributed by atoms with van der Waals surface area (Å²) >= 11 is 5.56. The molecule has 1 fully saturated rings. The average molecular weight is 358 g/mol. The van der Waals surface area contributed by atoms with Crippen LogP contribution in [-0.2, 0) is 0 Å². The molecule has 0 atom stereocenters. The van der Waals surface area contributed by atoms with Crippen LogP contribution in [-0.4, -0.2) is 58.8 Å². The van der Waals surface area contributed by atoms with Gasteiger partial charge in [-0.25, -0.2) is 4.98 Å². The molecule has 0 aliphatic carbocycles. The van der Waals surface area contributed by atoms with Crippen LogP contribution in [0.4, 0.5) is 5.82 Å². The van der Waals surface area contributed by atoms with Crippen LogP contribution in [0.25, 0.3) is 0 Å². The minimum atomic E-state index is 0.743. The lowest BCUT2D eigenvalue weighted by Crippen LogP contribution is -2.50. The van der Waals surface area contributed by atoms with E-state index in [2.05, 4.69) is 44.7 Å². The highest BCUT2D eigenvalue weighted by Gasteiger charge is 2.19. The molecule has 25 heavy (non-hydrogen) atoms. The Morgan fingerprint density at radius 1 is 1.32 bits per heavy atom. The van der Waals surface area contributed by atoms with Gasteiger partial charge in [-0.05, 0) is 56.3 Å². The first-order valence-electron chi connectivity index (χ1n) is 8.54. The molecule has 6 heteroatoms. The summed E-state index contributed by atoms with van der Waals surface area (Å²) in [6.07, 6.45) is 5.53. The highest BCUT2D eigenvalue weighted by molar-refractivity contribution is 7.80. The molecule has 1 aromatic heterocycles. The number of hydrogen-bond donors (Lipinski definition) is 1. The van der Waals surface area contributed by atoms with Gasteiger partial charge < -0.3 is 10.2 Å². The van der Waals surface area contributed by atoms with Crippen LogP contribution in [0, 0.1) is 13.8 Å². The molecule has 1 aliphatic rings. The molecule has 0 bridgehead atoms. The summed E-state index contributed by atoms with van der Waals surface area (Å²) in [4.78, 5) is 13.3. The van der Waals surface area contributed by atoms with E-state index in [0.29, 0.717) is 0 Å². The Hall–Kier alpha value is -2.05. The molecule has 134 valence electrons. The summed E-state index contributed by atoms with van der Waals surface area (Å²) in [6.45, 7) is 14.4. The smallest absolute Gasteiger partial charge is 0.174 e. The lowest BCUT2D eigenvalue weighted by Gasteiger charge is -2.36. The fourth-order valence-electron chi connectivity index (χ4n) is 2.79. The number of nitrogens with zero attached hydrogens (tertiary/aromatic N) is 4. The van der Waals surface area contributed by atoms with Crippen molar-refractivity contribution in [2.24, 2.45) is 4.99 Å². The molecule has 0 amide bonds. The SMILES string of the molecule is C=C/C(=C\N=C/C)CN1CCN(C(=S)Nc2cc(C)cc(C)n2)CC1. The van der Waals surface area contributed by atoms with Crippen molar-refractivity contribution in [1.82, 2.24) is 14.8 Å². The van der Waals surface area contributed by atoms with E-state index >= 15 is 0 Å². The number of hydrogen-bond acceptors (Lipinski definition) is 4. The molecule has 0 radical (unpaired) electrons. The second kappa shape index (κ2) is 9.44. The minimum Gasteiger partial charge on any atom is -0.346 e. The molecule has 2 heterocycles. The number of aromatic nitrogens is 1. The van der Waals surface area contributed by atoms with Gasteiger partial charge in [0.05, 0.1) is 0 Å². The number of anilines is 1. The fourth-order valence-corrected chi connectivity index (χ4v) is 3.08. The van der Waals surface area contributed by atoms with Gasteiger partial charge >= 0.3 is 0 Å². The van der Waals surface area contributed by atoms with E-state index in [4.69, 9.17) is 12.2 Å². The van der Waals surface area contributed by atoms with E-state index in [1.165, 1.54) is 5.56 Å². The number of nitrogens with one attached hydrogen (secondary N) is 1. The van der Waals surface area contributed by atoms with Gasteiger partial charge in [0, 0.05) is 50.8 Å². The molecule has 0 aromatic carbocycles. The van der Waals surface area contributed by atoms with E-state index in [-0.39, 0.29) is 0 Å². The largest absolute Gasteiger partial charge is 0.346 e. The van der Waals surface area contributed by atoms with E-state index in [9.17, 15) is 0 Å². The molecule has 0 spiro atoms. The summed E-state index contributed by atoms with van der Waals surface area (Å²) in [5.74, 6) is 0.819. The number of rotatable bonds is 5. The van der Waals surface area contributed by atoms with Crippen molar-refractivity contribution in [2.75, 3.05) is 38.0 Å². The van der Waals surface area contributed by atoms with Gasteiger partial charge in [0.1, 0.15) is 5.82 Å². The van der Waals surface area contributed by atoms with Crippen LogP contribution >= 0.6 is 12.2 Å². The van der Waals surface area contributed by atoms with Crippen LogP contribution in [0.5, 0.6) is 0 Å². The Kier molecular flexibility index (Phi) is 7.28. The third-order valence-electron chi connectivity index (χ3n) is 4.05. The van der Waals surface area contributed by atoms with Crippen LogP contribution in [0.2, 0.25) is 0 Å². The van der Waals surface area contributed by atoms with Gasteiger partial charge in [-0.1, -0.05) is 12.7 Å². The van der Waals surface area contributed by atoms with Gasteiger partial charge in [-0.15, -0.1) is 0 Å². The third kappa shape index (κ3) is 6.07. The number of thiocarbonyl (C=S) groups is 1. The van der Waals surface area contributed by atoms with Crippen molar-refractivity contribution < 1.29 is 0 Å². The zero-order valence-corrected chi connectivity index (χ0v) is 16.1. The Bertz CT molecular complexity index is 652. The number of aliphatic imine (C=N–C) groups is 1. The van der Waals surface area contributed by atoms with Gasteiger partial charge in [0.15, 0.2) is 5.11 Å². The maximum absolute atomic E-state index is 5.56. The normalized spacial score (nSPS) is 16.3. The molecule has 0 saturated carbocycles. The third-order valence-corrected chi connectivity index (χ3v) is 4.41. The minimum absolute atomic E-state index is 0.743. The zero-order chi connectivity index (χ0) is 18.2. The van der Waals surface area contributed by atoms with E-state index in [0.717, 1.165) is 54.9 Å². The van der Waals surface area contributed by atoms with E-state index < -0.39 is 0 Å². The van der Waals surface area contributed by atoms with Crippen LogP contribution in [0.15, 0.2) is 41.6 Å². The maximum atomic E-state index is 5.56. The lowest BCUT2D eigenvalue weighted by atomic mass is 10.2. The molecule has 1 aromatic rings. The number of piperazine rings is 1. The zero-order valence-electron chi connectivity index (χ0n) is 15.3. The quantitative estimate of drug-likeness (QED) is 0.498. The van der Waals surface area contributed by atoms with Crippen LogP contribution < -0.4 is 5.32 Å². The molecule has 1 N–H and O–H groups in total. The highest BCUT2D eigenvalue weighted by atomic mass is 32.1. The van der Waals surface area contributed by atoms with Crippen molar-refractivity contribution in [3.05, 3.63) is 47.8 Å². The Balaban J connectivity index is 1.86. The first-order valence-corrected chi connectivity index (χ1v) is 8.95. The molecule has 5 nitrogen and oxygen atoms in total. The maximum Gasteiger partial charge on any atom is 0.174 e. The first kappa shape index (κ1) is 19.3. The van der Waals surface area contributed by atoms with Crippen LogP contribution in [0.1, 0.15) is 18.2 Å². The second-order valence-corrected chi connectivity index (χ2v) is 6.57. The summed E-state index contributed by atoms with van der Waals surface area (Å²) in [5, 5.41) is 4.01. The summed E-state index contributed by atoms with van der Waals surface area (Å²) < 4.78 is 0. The second-order valence-electron chi connectivity index (χ2n) is 6.18. The van der Waals surface area contributed by atoms with Crippen molar-refractivity contribution in [3.63, 3.8) is 0 Å². The van der Waals surface area contributed by atoms with Gasteiger partial charge in [-0.2, -0.15) is 0 Å². The van der Waals surface area contributed by atoms with E-state index in [1.807, 2.05) is 32.2 Å². The van der Waals surface area contributed by atoms with Gasteiger partial charge in [-0.3, -0.25) is 9.89 Å². The van der Waals surface area contributed by atoms with Crippen molar-refractivity contribution in [2.45, 2.75) is 20.8 Å². The van der Waals surface area contributed by atoms with E-state index in [1.54, 1.807) is 6.21 Å². The highest BCUT2D eigenvalue weighted by Crippen LogP contribution is 2.12. The van der Waals surface area contributed by atoms with Crippen molar-refractivity contribution >= 4 is 29.4 Å². The molecular formula is C19H27N5S. The van der Waals surface area contributed by atoms with Crippen LogP contribution in [0.3, 0.4) is 0 Å². The van der Waals surface area contributed by atoms with Crippen molar-refractivity contribution in [1.29, 1.82) is 0 Å². The number of aryl methyl sites for hydroxylation is 2. The molecule has 1 aliphatic heterocycles. The monoisotopic (exact) mass is 357 g/mol. The molecular weight excluding hydrogens is 330 g/mol. The molecule has 1 saturated heterocycles. The van der Waals surface area contributed by atoms with Crippen molar-refractivity contribution in [3.8, 4) is 0 Å². The molecule has 0 unspecified atom stereocenters. The Morgan fingerprint density at radius 2 is 2.04 bits per heavy atom. The lowest BCUT2D eigenvalue weighted by molar-refractivity contribution is 0.197. The van der Waals surface area contributed by atoms with Gasteiger partial charge in [0.25, 0.3) is 0 Å². The number of pyridine rings is 1. The Labute approximate surface area is 156 Å². The summed E-state index contributed by atoms with van der Waals surface area (Å²) in [5.41, 5.74) is 3.31. The molecule has 2 rings (SSSR count).